The molecule has 0 aliphatic rings. The van der Waals surface area contributed by atoms with Crippen LogP contribution in [-0.2, 0) is 0 Å². The van der Waals surface area contributed by atoms with Crippen LogP contribution in [0.25, 0.3) is 0 Å². The Labute approximate surface area is 131 Å². The van der Waals surface area contributed by atoms with Gasteiger partial charge in [-0.3, -0.25) is 0 Å². The van der Waals surface area contributed by atoms with Gasteiger partial charge in [0.05, 0.1) is 0 Å². The zero-order chi connectivity index (χ0) is 14.7. The van der Waals surface area contributed by atoms with Crippen LogP contribution < -0.4 is 21.6 Å². The minimum absolute atomic E-state index is 0.692. The summed E-state index contributed by atoms with van der Waals surface area (Å²) in [7, 11) is -0.692. The largest absolute Gasteiger partial charge is 0.398 e. The molecule has 0 saturated carbocycles. The molecule has 2 N–H and O–H groups in total. The van der Waals surface area contributed by atoms with E-state index in [1.165, 1.54) is 10.6 Å². The van der Waals surface area contributed by atoms with Crippen LogP contribution in [0.15, 0.2) is 78.9 Å². The Morgan fingerprint density at radius 2 is 1.24 bits per heavy atom. The minimum Gasteiger partial charge on any atom is -0.398 e. The number of nitrogens with two attached hydrogens (primary N) is 1. The van der Waals surface area contributed by atoms with Gasteiger partial charge in [-0.1, -0.05) is 72.3 Å². The van der Waals surface area contributed by atoms with Crippen molar-refractivity contribution >= 4 is 41.1 Å². The van der Waals surface area contributed by atoms with Crippen LogP contribution >= 0.6 is 19.5 Å². The third kappa shape index (κ3) is 3.10. The lowest BCUT2D eigenvalue weighted by atomic mass is 10.3. The Morgan fingerprint density at radius 3 is 1.76 bits per heavy atom. The average molecular weight is 312 g/mol. The van der Waals surface area contributed by atoms with Gasteiger partial charge >= 0.3 is 0 Å². The molecule has 0 aliphatic heterocycles. The van der Waals surface area contributed by atoms with Crippen molar-refractivity contribution in [3.8, 4) is 0 Å². The molecule has 0 saturated heterocycles. The average Bonchev–Trinajstić information content (AvgIpc) is 2.53. The van der Waals surface area contributed by atoms with Gasteiger partial charge in [-0.05, 0) is 36.7 Å². The zero-order valence-corrected chi connectivity index (χ0v) is 13.1. The molecule has 0 fully saturated rings. The molecule has 0 atom stereocenters. The number of hydrogen-bond acceptors (Lipinski definition) is 1. The van der Waals surface area contributed by atoms with Crippen molar-refractivity contribution in [2.24, 2.45) is 0 Å². The molecule has 3 rings (SSSR count). The van der Waals surface area contributed by atoms with Crippen molar-refractivity contribution in [3.63, 3.8) is 0 Å². The smallest absolute Gasteiger partial charge is 0.0414 e. The standard InChI is InChI=1S/C18H15ClNP/c19-14-11-12-17(20)18(13-14)21(15-7-3-1-4-8-15)16-9-5-2-6-10-16/h1-13H,20H2. The first kappa shape index (κ1) is 14.1. The first-order valence-corrected chi connectivity index (χ1v) is 8.43. The molecule has 0 heterocycles. The number of rotatable bonds is 3. The second-order valence-corrected chi connectivity index (χ2v) is 7.33. The summed E-state index contributed by atoms with van der Waals surface area (Å²) in [6, 6.07) is 26.6. The van der Waals surface area contributed by atoms with E-state index >= 15 is 0 Å². The molecule has 104 valence electrons. The summed E-state index contributed by atoms with van der Waals surface area (Å²) in [5, 5.41) is 4.37. The maximum absolute atomic E-state index is 6.22. The predicted molar refractivity (Wildman–Crippen MR) is 94.6 cm³/mol. The van der Waals surface area contributed by atoms with E-state index in [1.807, 2.05) is 30.3 Å². The summed E-state index contributed by atoms with van der Waals surface area (Å²) in [6.45, 7) is 0. The Morgan fingerprint density at radius 1 is 0.714 bits per heavy atom. The van der Waals surface area contributed by atoms with Crippen LogP contribution in [0.5, 0.6) is 0 Å². The number of halogens is 1. The third-order valence-corrected chi connectivity index (χ3v) is 6.00. The molecule has 3 aromatic carbocycles. The summed E-state index contributed by atoms with van der Waals surface area (Å²) in [5.74, 6) is 0. The van der Waals surface area contributed by atoms with E-state index in [4.69, 9.17) is 17.3 Å². The molecular formula is C18H15ClNP. The number of hydrogen-bond donors (Lipinski definition) is 1. The highest BCUT2D eigenvalue weighted by Gasteiger charge is 2.18. The molecule has 0 aliphatic carbocycles. The van der Waals surface area contributed by atoms with Crippen LogP contribution in [0.2, 0.25) is 5.02 Å². The van der Waals surface area contributed by atoms with Crippen molar-refractivity contribution in [1.82, 2.24) is 0 Å². The molecule has 0 bridgehead atoms. The minimum atomic E-state index is -0.692. The van der Waals surface area contributed by atoms with E-state index in [9.17, 15) is 0 Å². The molecule has 0 spiro atoms. The molecule has 21 heavy (non-hydrogen) atoms. The first-order valence-electron chi connectivity index (χ1n) is 6.71. The van der Waals surface area contributed by atoms with Crippen molar-refractivity contribution in [2.75, 3.05) is 5.73 Å². The fourth-order valence-electron chi connectivity index (χ4n) is 2.29. The van der Waals surface area contributed by atoms with Gasteiger partial charge < -0.3 is 5.73 Å². The third-order valence-electron chi connectivity index (χ3n) is 3.26. The quantitative estimate of drug-likeness (QED) is 0.579. The summed E-state index contributed by atoms with van der Waals surface area (Å²) >= 11 is 6.19. The topological polar surface area (TPSA) is 26.0 Å². The number of benzene rings is 3. The molecule has 3 heteroatoms. The Bertz CT molecular complexity index is 689. The SMILES string of the molecule is Nc1ccc(Cl)cc1P(c1ccccc1)c1ccccc1. The fourth-order valence-corrected chi connectivity index (χ4v) is 4.94. The van der Waals surface area contributed by atoms with Gasteiger partial charge in [0.15, 0.2) is 0 Å². The van der Waals surface area contributed by atoms with Crippen LogP contribution in [0.1, 0.15) is 0 Å². The molecule has 1 nitrogen and oxygen atoms in total. The van der Waals surface area contributed by atoms with Gasteiger partial charge in [0.25, 0.3) is 0 Å². The van der Waals surface area contributed by atoms with E-state index in [2.05, 4.69) is 48.5 Å². The summed E-state index contributed by atoms with van der Waals surface area (Å²) < 4.78 is 0. The van der Waals surface area contributed by atoms with E-state index in [1.54, 1.807) is 0 Å². The monoisotopic (exact) mass is 311 g/mol. The van der Waals surface area contributed by atoms with E-state index in [0.29, 0.717) is 0 Å². The lowest BCUT2D eigenvalue weighted by Crippen LogP contribution is -2.22. The normalized spacial score (nSPS) is 10.8. The number of anilines is 1. The van der Waals surface area contributed by atoms with Crippen LogP contribution in [0.4, 0.5) is 5.69 Å². The molecular weight excluding hydrogens is 297 g/mol. The maximum atomic E-state index is 6.22. The second-order valence-electron chi connectivity index (χ2n) is 4.71. The van der Waals surface area contributed by atoms with Crippen LogP contribution in [0, 0.1) is 0 Å². The summed E-state index contributed by atoms with van der Waals surface area (Å²) in [6.07, 6.45) is 0. The Balaban J connectivity index is 2.20. The fraction of sp³-hybridized carbons (Fsp3) is 0. The lowest BCUT2D eigenvalue weighted by molar-refractivity contribution is 1.72. The highest BCUT2D eigenvalue weighted by atomic mass is 35.5. The van der Waals surface area contributed by atoms with Gasteiger partial charge in [0, 0.05) is 16.0 Å². The number of nitrogen functional groups attached to an aromatic ring is 1. The molecule has 0 radical (unpaired) electrons. The van der Waals surface area contributed by atoms with E-state index < -0.39 is 7.92 Å². The van der Waals surface area contributed by atoms with Gasteiger partial charge in [0.2, 0.25) is 0 Å². The van der Waals surface area contributed by atoms with Crippen LogP contribution in [-0.4, -0.2) is 0 Å². The van der Waals surface area contributed by atoms with Crippen LogP contribution in [0.3, 0.4) is 0 Å². The molecule has 0 aromatic heterocycles. The summed E-state index contributed by atoms with van der Waals surface area (Å²) in [4.78, 5) is 0. The summed E-state index contributed by atoms with van der Waals surface area (Å²) in [5.41, 5.74) is 7.01. The van der Waals surface area contributed by atoms with E-state index in [0.717, 1.165) is 16.0 Å². The second kappa shape index (κ2) is 6.30. The Kier molecular flexibility index (Phi) is 4.24. The lowest BCUT2D eigenvalue weighted by Gasteiger charge is -2.21. The van der Waals surface area contributed by atoms with Gasteiger partial charge in [0.1, 0.15) is 0 Å². The molecule has 0 amide bonds. The van der Waals surface area contributed by atoms with Crippen molar-refractivity contribution < 1.29 is 0 Å². The maximum Gasteiger partial charge on any atom is 0.0414 e. The highest BCUT2D eigenvalue weighted by Crippen LogP contribution is 2.35. The molecule has 3 aromatic rings. The van der Waals surface area contributed by atoms with Gasteiger partial charge in [-0.15, -0.1) is 0 Å². The first-order chi connectivity index (χ1) is 10.3. The van der Waals surface area contributed by atoms with Gasteiger partial charge in [-0.25, -0.2) is 0 Å². The zero-order valence-electron chi connectivity index (χ0n) is 11.4. The van der Waals surface area contributed by atoms with E-state index in [-0.39, 0.29) is 0 Å². The predicted octanol–water partition coefficient (Wildman–Crippen LogP) is 3.68. The van der Waals surface area contributed by atoms with Crippen molar-refractivity contribution in [3.05, 3.63) is 83.9 Å². The van der Waals surface area contributed by atoms with Crippen molar-refractivity contribution in [2.45, 2.75) is 0 Å². The molecule has 0 unspecified atom stereocenters. The Hall–Kier alpha value is -1.82. The van der Waals surface area contributed by atoms with Crippen molar-refractivity contribution in [1.29, 1.82) is 0 Å². The highest BCUT2D eigenvalue weighted by molar-refractivity contribution is 7.80. The van der Waals surface area contributed by atoms with Gasteiger partial charge in [-0.2, -0.15) is 0 Å².